The third kappa shape index (κ3) is 2.49. The molecule has 1 heteroatoms. The zero-order chi connectivity index (χ0) is 14.1. The van der Waals surface area contributed by atoms with Crippen molar-refractivity contribution in [2.45, 2.75) is 45.4 Å². The van der Waals surface area contributed by atoms with Crippen molar-refractivity contribution in [3.05, 3.63) is 53.2 Å². The molecule has 20 heavy (non-hydrogen) atoms. The van der Waals surface area contributed by atoms with Gasteiger partial charge in [-0.2, -0.15) is 0 Å². The van der Waals surface area contributed by atoms with Crippen LogP contribution in [0.15, 0.2) is 36.5 Å². The smallest absolute Gasteiger partial charge is 0.201 e. The van der Waals surface area contributed by atoms with E-state index in [0.29, 0.717) is 0 Å². The fourth-order valence-electron chi connectivity index (χ4n) is 3.45. The summed E-state index contributed by atoms with van der Waals surface area (Å²) in [5.41, 5.74) is 6.90. The number of hydrogen-bond acceptors (Lipinski definition) is 0. The number of rotatable bonds is 2. The molecule has 1 saturated carbocycles. The number of nitrogens with zero attached hydrogens (tertiary/aromatic N) is 1. The normalized spacial score (nSPS) is 15.8. The Morgan fingerprint density at radius 3 is 2.45 bits per heavy atom. The largest absolute Gasteiger partial charge is 0.212 e. The van der Waals surface area contributed by atoms with Crippen molar-refractivity contribution in [1.82, 2.24) is 0 Å². The summed E-state index contributed by atoms with van der Waals surface area (Å²) in [4.78, 5) is 0. The van der Waals surface area contributed by atoms with Crippen LogP contribution in [0.4, 0.5) is 0 Å². The molecule has 1 aliphatic carbocycles. The van der Waals surface area contributed by atoms with Crippen molar-refractivity contribution >= 4 is 0 Å². The van der Waals surface area contributed by atoms with Crippen LogP contribution in [0.2, 0.25) is 0 Å². The number of aromatic nitrogens is 1. The maximum atomic E-state index is 2.43. The van der Waals surface area contributed by atoms with Crippen LogP contribution in [-0.2, 0) is 7.05 Å². The predicted octanol–water partition coefficient (Wildman–Crippen LogP) is 4.45. The van der Waals surface area contributed by atoms with Gasteiger partial charge in [0.05, 0.1) is 0 Å². The van der Waals surface area contributed by atoms with Gasteiger partial charge in [-0.1, -0.05) is 25.0 Å². The van der Waals surface area contributed by atoms with E-state index < -0.39 is 0 Å². The minimum absolute atomic E-state index is 0.783. The van der Waals surface area contributed by atoms with E-state index in [1.54, 1.807) is 0 Å². The molecule has 2 aromatic rings. The van der Waals surface area contributed by atoms with E-state index in [4.69, 9.17) is 0 Å². The van der Waals surface area contributed by atoms with Crippen molar-refractivity contribution in [3.63, 3.8) is 0 Å². The van der Waals surface area contributed by atoms with E-state index in [0.717, 1.165) is 5.92 Å². The van der Waals surface area contributed by atoms with E-state index in [1.165, 1.54) is 53.6 Å². The molecule has 0 spiro atoms. The van der Waals surface area contributed by atoms with E-state index >= 15 is 0 Å². The Balaban J connectivity index is 2.05. The number of pyridine rings is 1. The molecule has 0 saturated heterocycles. The summed E-state index contributed by atoms with van der Waals surface area (Å²) in [6, 6.07) is 11.5. The second-order valence-electron chi connectivity index (χ2n) is 6.26. The molecular formula is C19H24N+. The van der Waals surface area contributed by atoms with Crippen LogP contribution in [0.1, 0.15) is 48.3 Å². The highest BCUT2D eigenvalue weighted by molar-refractivity contribution is 5.62. The van der Waals surface area contributed by atoms with Gasteiger partial charge >= 0.3 is 0 Å². The van der Waals surface area contributed by atoms with Crippen LogP contribution in [0, 0.1) is 13.8 Å². The second kappa shape index (κ2) is 5.40. The van der Waals surface area contributed by atoms with Crippen LogP contribution < -0.4 is 4.57 Å². The fourth-order valence-corrected chi connectivity index (χ4v) is 3.45. The van der Waals surface area contributed by atoms with Gasteiger partial charge in [0.25, 0.3) is 0 Å². The summed E-state index contributed by atoms with van der Waals surface area (Å²) in [5, 5.41) is 0. The molecule has 1 nitrogen and oxygen atoms in total. The average Bonchev–Trinajstić information content (AvgIpc) is 2.94. The Morgan fingerprint density at radius 1 is 1.00 bits per heavy atom. The Labute approximate surface area is 122 Å². The molecule has 0 N–H and O–H groups in total. The molecule has 0 radical (unpaired) electrons. The molecule has 0 amide bonds. The Hall–Kier alpha value is -1.63. The quantitative estimate of drug-likeness (QED) is 0.707. The summed E-state index contributed by atoms with van der Waals surface area (Å²) in [6.45, 7) is 4.36. The van der Waals surface area contributed by atoms with E-state index in [-0.39, 0.29) is 0 Å². The van der Waals surface area contributed by atoms with Gasteiger partial charge in [-0.3, -0.25) is 0 Å². The van der Waals surface area contributed by atoms with Crippen LogP contribution in [0.3, 0.4) is 0 Å². The van der Waals surface area contributed by atoms with Crippen LogP contribution >= 0.6 is 0 Å². The zero-order valence-corrected chi connectivity index (χ0v) is 12.8. The summed E-state index contributed by atoms with van der Waals surface area (Å²) >= 11 is 0. The van der Waals surface area contributed by atoms with E-state index in [1.807, 2.05) is 0 Å². The zero-order valence-electron chi connectivity index (χ0n) is 12.8. The van der Waals surface area contributed by atoms with E-state index in [2.05, 4.69) is 62.0 Å². The molecule has 3 rings (SSSR count). The van der Waals surface area contributed by atoms with Crippen LogP contribution in [0.5, 0.6) is 0 Å². The third-order valence-electron chi connectivity index (χ3n) is 4.65. The van der Waals surface area contributed by atoms with Gasteiger partial charge < -0.3 is 0 Å². The lowest BCUT2D eigenvalue weighted by molar-refractivity contribution is -0.660. The first kappa shape index (κ1) is 13.4. The maximum absolute atomic E-state index is 2.43. The molecule has 0 aliphatic heterocycles. The number of benzene rings is 1. The Bertz CT molecular complexity index is 622. The first-order chi connectivity index (χ1) is 9.65. The standard InChI is InChI=1S/C19H24N/c1-14-8-11-19(20(3)13-14)18-12-17(10-9-15(18)2)16-6-4-5-7-16/h8-13,16H,4-7H2,1-3H3/q+1. The molecule has 0 atom stereocenters. The van der Waals surface area contributed by atoms with E-state index in [9.17, 15) is 0 Å². The molecule has 1 fully saturated rings. The number of hydrogen-bond donors (Lipinski definition) is 0. The van der Waals surface area contributed by atoms with Crippen molar-refractivity contribution in [2.24, 2.45) is 7.05 Å². The molecule has 0 bridgehead atoms. The first-order valence-electron chi connectivity index (χ1n) is 7.72. The van der Waals surface area contributed by atoms with Gasteiger partial charge in [-0.25, -0.2) is 4.57 Å². The highest BCUT2D eigenvalue weighted by Crippen LogP contribution is 2.36. The first-order valence-corrected chi connectivity index (χ1v) is 7.72. The van der Waals surface area contributed by atoms with Crippen LogP contribution in [0.25, 0.3) is 11.3 Å². The van der Waals surface area contributed by atoms with Crippen molar-refractivity contribution in [2.75, 3.05) is 0 Å². The maximum Gasteiger partial charge on any atom is 0.212 e. The summed E-state index contributed by atoms with van der Waals surface area (Å²) in [6.07, 6.45) is 7.72. The van der Waals surface area contributed by atoms with Crippen LogP contribution in [-0.4, -0.2) is 0 Å². The van der Waals surface area contributed by atoms with Crippen molar-refractivity contribution < 1.29 is 4.57 Å². The molecule has 1 heterocycles. The Morgan fingerprint density at radius 2 is 1.75 bits per heavy atom. The second-order valence-corrected chi connectivity index (χ2v) is 6.26. The highest BCUT2D eigenvalue weighted by Gasteiger charge is 2.19. The summed E-state index contributed by atoms with van der Waals surface area (Å²) in [5.74, 6) is 0.783. The lowest BCUT2D eigenvalue weighted by Gasteiger charge is -2.12. The molecule has 1 aliphatic rings. The van der Waals surface area contributed by atoms with Crippen molar-refractivity contribution in [1.29, 1.82) is 0 Å². The molecule has 0 unspecified atom stereocenters. The molecule has 1 aromatic heterocycles. The predicted molar refractivity (Wildman–Crippen MR) is 83.7 cm³/mol. The molecule has 104 valence electrons. The Kier molecular flexibility index (Phi) is 3.60. The van der Waals surface area contributed by atoms with Gasteiger partial charge in [-0.05, 0) is 55.9 Å². The average molecular weight is 266 g/mol. The van der Waals surface area contributed by atoms with Gasteiger partial charge in [0.2, 0.25) is 5.69 Å². The van der Waals surface area contributed by atoms with Gasteiger partial charge in [-0.15, -0.1) is 0 Å². The minimum atomic E-state index is 0.783. The van der Waals surface area contributed by atoms with Gasteiger partial charge in [0, 0.05) is 17.2 Å². The lowest BCUT2D eigenvalue weighted by Crippen LogP contribution is -2.31. The SMILES string of the molecule is Cc1ccc(-c2cc(C3CCCC3)ccc2C)[n+](C)c1. The fraction of sp³-hybridized carbons (Fsp3) is 0.421. The summed E-state index contributed by atoms with van der Waals surface area (Å²) < 4.78 is 2.25. The monoisotopic (exact) mass is 266 g/mol. The highest BCUT2D eigenvalue weighted by atomic mass is 14.9. The number of aryl methyl sites for hydroxylation is 3. The minimum Gasteiger partial charge on any atom is -0.201 e. The van der Waals surface area contributed by atoms with Gasteiger partial charge in [0.15, 0.2) is 6.20 Å². The van der Waals surface area contributed by atoms with Gasteiger partial charge in [0.1, 0.15) is 7.05 Å². The molecular weight excluding hydrogens is 242 g/mol. The molecule has 1 aromatic carbocycles. The summed E-state index contributed by atoms with van der Waals surface area (Å²) in [7, 11) is 2.14. The van der Waals surface area contributed by atoms with Crippen molar-refractivity contribution in [3.8, 4) is 11.3 Å². The third-order valence-corrected chi connectivity index (χ3v) is 4.65. The topological polar surface area (TPSA) is 3.88 Å². The lowest BCUT2D eigenvalue weighted by atomic mass is 9.92.